The first-order valence-electron chi connectivity index (χ1n) is 17.7. The number of benzene rings is 2. The largest absolute Gasteiger partial charge is 0.454 e. The van der Waals surface area contributed by atoms with Crippen molar-refractivity contribution in [3.63, 3.8) is 0 Å². The lowest BCUT2D eigenvalue weighted by molar-refractivity contribution is -0.0907. The first kappa shape index (κ1) is 39.0. The fraction of sp³-hybridized carbons (Fsp3) is 0.611. The van der Waals surface area contributed by atoms with Gasteiger partial charge in [0.25, 0.3) is 0 Å². The fourth-order valence-electron chi connectivity index (χ4n) is 6.59. The third-order valence-electron chi connectivity index (χ3n) is 9.27. The van der Waals surface area contributed by atoms with Crippen LogP contribution >= 0.6 is 12.2 Å². The molecule has 0 aliphatic carbocycles. The van der Waals surface area contributed by atoms with Crippen LogP contribution in [0.3, 0.4) is 0 Å². The highest BCUT2D eigenvalue weighted by Crippen LogP contribution is 2.36. The Morgan fingerprint density at radius 3 is 2.61 bits per heavy atom. The number of ether oxygens (including phenoxy) is 5. The van der Waals surface area contributed by atoms with Gasteiger partial charge in [-0.3, -0.25) is 0 Å². The topological polar surface area (TPSA) is 157 Å². The predicted octanol–water partition coefficient (Wildman–Crippen LogP) is 3.93. The molecular formula is C36H52N4O9S2. The van der Waals surface area contributed by atoms with E-state index < -0.39 is 39.8 Å². The number of rotatable bonds is 17. The Morgan fingerprint density at radius 1 is 1.08 bits per heavy atom. The summed E-state index contributed by atoms with van der Waals surface area (Å²) in [6, 6.07) is 13.3. The lowest BCUT2D eigenvalue weighted by Crippen LogP contribution is -2.52. The van der Waals surface area contributed by atoms with Crippen molar-refractivity contribution in [2.75, 3.05) is 39.6 Å². The van der Waals surface area contributed by atoms with Crippen molar-refractivity contribution in [1.29, 1.82) is 0 Å². The number of carbonyl (C=O) groups excluding carboxylic acids is 1. The summed E-state index contributed by atoms with van der Waals surface area (Å²) in [5, 5.41) is 21.7. The van der Waals surface area contributed by atoms with Crippen molar-refractivity contribution in [2.24, 2.45) is 11.3 Å². The molecule has 0 aromatic heterocycles. The van der Waals surface area contributed by atoms with E-state index in [0.29, 0.717) is 29.8 Å². The molecule has 3 heterocycles. The number of carbonyl (C=O) groups is 1. The van der Waals surface area contributed by atoms with Gasteiger partial charge in [-0.05, 0) is 74.9 Å². The number of amides is 1. The second-order valence-electron chi connectivity index (χ2n) is 14.5. The van der Waals surface area contributed by atoms with E-state index >= 15 is 0 Å². The van der Waals surface area contributed by atoms with Crippen molar-refractivity contribution >= 4 is 33.4 Å². The summed E-state index contributed by atoms with van der Waals surface area (Å²) in [7, 11) is -4.15. The van der Waals surface area contributed by atoms with Crippen molar-refractivity contribution in [2.45, 2.75) is 95.3 Å². The Bertz CT molecular complexity index is 1580. The maximum absolute atomic E-state index is 14.4. The van der Waals surface area contributed by atoms with Gasteiger partial charge in [0, 0.05) is 31.7 Å². The van der Waals surface area contributed by atoms with Crippen molar-refractivity contribution < 1.29 is 42.0 Å². The smallest absolute Gasteiger partial charge is 0.407 e. The molecule has 3 aliphatic rings. The molecule has 0 bridgehead atoms. The van der Waals surface area contributed by atoms with Crippen LogP contribution in [0.25, 0.3) is 0 Å². The zero-order chi connectivity index (χ0) is 36.6. The SMILES string of the molecule is CC(C)NC(=S)NCCCCC(C)(C)CN(C[C@@H](O)[C@H](Cc1ccccc1)NC(=O)O[C@H]1CO[C@H]2OCC[C@H]21)S(=O)(=O)c1ccc2c(c1)OCO2. The second-order valence-corrected chi connectivity index (χ2v) is 16.8. The van der Waals surface area contributed by atoms with Crippen LogP contribution < -0.4 is 25.4 Å². The van der Waals surface area contributed by atoms with E-state index in [1.807, 2.05) is 58.0 Å². The number of fused-ring (bicyclic) bond motifs is 2. The van der Waals surface area contributed by atoms with Crippen molar-refractivity contribution in [3.8, 4) is 11.5 Å². The number of thiocarbonyl (C=S) groups is 1. The highest BCUT2D eigenvalue weighted by molar-refractivity contribution is 7.89. The molecule has 5 rings (SSSR count). The first-order valence-corrected chi connectivity index (χ1v) is 19.5. The standard InChI is InChI=1S/C36H52N4O9S2/c1-24(2)38-34(50)37-16-9-8-15-36(3,4)22-40(51(43,44)26-12-13-30-31(19-26)48-23-47-30)20-29(41)28(18-25-10-6-5-7-11-25)39-35(42)49-32-21-46-33-27(32)14-17-45-33/h5-7,10-13,19,24,27-29,32-33,41H,8-9,14-18,20-23H2,1-4H3,(H,39,42)(H2,37,38,50)/t27-,28-,29+,32-,33+/m0/s1. The summed E-state index contributed by atoms with van der Waals surface area (Å²) >= 11 is 5.33. The van der Waals surface area contributed by atoms with Gasteiger partial charge >= 0.3 is 6.09 Å². The number of nitrogens with one attached hydrogen (secondary N) is 3. The highest BCUT2D eigenvalue weighted by Gasteiger charge is 2.44. The molecule has 51 heavy (non-hydrogen) atoms. The average Bonchev–Trinajstić information content (AvgIpc) is 3.83. The van der Waals surface area contributed by atoms with Crippen LogP contribution in [0.4, 0.5) is 4.79 Å². The Morgan fingerprint density at radius 2 is 1.84 bits per heavy atom. The number of hydrogen-bond acceptors (Lipinski definition) is 10. The molecule has 13 nitrogen and oxygen atoms in total. The number of aliphatic hydroxyl groups is 1. The summed E-state index contributed by atoms with van der Waals surface area (Å²) in [5.74, 6) is 0.749. The monoisotopic (exact) mass is 748 g/mol. The van der Waals surface area contributed by atoms with E-state index in [4.69, 9.17) is 35.9 Å². The van der Waals surface area contributed by atoms with Crippen LogP contribution in [-0.4, -0.2) is 99.3 Å². The summed E-state index contributed by atoms with van der Waals surface area (Å²) in [4.78, 5) is 13.3. The lowest BCUT2D eigenvalue weighted by Gasteiger charge is -2.35. The molecule has 5 atom stereocenters. The van der Waals surface area contributed by atoms with E-state index in [0.717, 1.165) is 31.2 Å². The molecule has 2 aromatic carbocycles. The van der Waals surface area contributed by atoms with Crippen LogP contribution in [0.15, 0.2) is 53.4 Å². The molecule has 0 radical (unpaired) electrons. The fourth-order valence-corrected chi connectivity index (χ4v) is 8.59. The molecular weight excluding hydrogens is 697 g/mol. The van der Waals surface area contributed by atoms with Gasteiger partial charge in [-0.15, -0.1) is 0 Å². The van der Waals surface area contributed by atoms with E-state index in [1.54, 1.807) is 6.07 Å². The van der Waals surface area contributed by atoms with Crippen LogP contribution in [0, 0.1) is 11.3 Å². The van der Waals surface area contributed by atoms with Gasteiger partial charge in [0.15, 0.2) is 22.9 Å². The summed E-state index contributed by atoms with van der Waals surface area (Å²) in [5.41, 5.74) is 0.390. The van der Waals surface area contributed by atoms with Crippen LogP contribution in [0.1, 0.15) is 58.9 Å². The minimum Gasteiger partial charge on any atom is -0.454 e. The number of sulfonamides is 1. The van der Waals surface area contributed by atoms with Crippen LogP contribution in [0.2, 0.25) is 0 Å². The van der Waals surface area contributed by atoms with E-state index in [9.17, 15) is 18.3 Å². The maximum atomic E-state index is 14.4. The minimum atomic E-state index is -4.15. The van der Waals surface area contributed by atoms with Gasteiger partial charge < -0.3 is 44.7 Å². The molecule has 3 aliphatic heterocycles. The lowest BCUT2D eigenvalue weighted by atomic mass is 9.87. The Hall–Kier alpha value is -3.21. The number of alkyl carbamates (subject to hydrolysis) is 1. The number of aliphatic hydroxyl groups excluding tert-OH is 1. The molecule has 4 N–H and O–H groups in total. The van der Waals surface area contributed by atoms with Crippen molar-refractivity contribution in [1.82, 2.24) is 20.3 Å². The van der Waals surface area contributed by atoms with Gasteiger partial charge in [0.1, 0.15) is 6.10 Å². The molecule has 282 valence electrons. The first-order chi connectivity index (χ1) is 24.3. The van der Waals surface area contributed by atoms with Gasteiger partial charge in [0.2, 0.25) is 16.8 Å². The van der Waals surface area contributed by atoms with Crippen molar-refractivity contribution in [3.05, 3.63) is 54.1 Å². The molecule has 2 fully saturated rings. The zero-order valence-electron chi connectivity index (χ0n) is 29.8. The quantitative estimate of drug-likeness (QED) is 0.137. The molecule has 0 spiro atoms. The van der Waals surface area contributed by atoms with Gasteiger partial charge in [-0.1, -0.05) is 50.6 Å². The molecule has 2 saturated heterocycles. The Kier molecular flexibility index (Phi) is 13.4. The summed E-state index contributed by atoms with van der Waals surface area (Å²) in [6.07, 6.45) is 0.483. The van der Waals surface area contributed by atoms with Gasteiger partial charge in [-0.2, -0.15) is 4.31 Å². The Labute approximate surface area is 306 Å². The van der Waals surface area contributed by atoms with Crippen LogP contribution in [-0.2, 0) is 30.7 Å². The van der Waals surface area contributed by atoms with Crippen LogP contribution in [0.5, 0.6) is 11.5 Å². The number of nitrogens with zero attached hydrogens (tertiary/aromatic N) is 1. The third kappa shape index (κ3) is 10.9. The third-order valence-corrected chi connectivity index (χ3v) is 11.3. The highest BCUT2D eigenvalue weighted by atomic mass is 32.2. The normalized spacial score (nSPS) is 21.0. The second kappa shape index (κ2) is 17.5. The maximum Gasteiger partial charge on any atom is 0.407 e. The van der Waals surface area contributed by atoms with E-state index in [2.05, 4.69) is 16.0 Å². The molecule has 2 aromatic rings. The van der Waals surface area contributed by atoms with E-state index in [-0.39, 0.29) is 56.1 Å². The number of unbranched alkanes of at least 4 members (excludes halogenated alkanes) is 1. The van der Waals surface area contributed by atoms with E-state index in [1.165, 1.54) is 16.4 Å². The van der Waals surface area contributed by atoms with Gasteiger partial charge in [-0.25, -0.2) is 13.2 Å². The zero-order valence-corrected chi connectivity index (χ0v) is 31.5. The summed E-state index contributed by atoms with van der Waals surface area (Å²) in [6.45, 7) is 9.37. The minimum absolute atomic E-state index is 0.00570. The molecule has 0 unspecified atom stereocenters. The molecule has 1 amide bonds. The molecule has 15 heteroatoms. The average molecular weight is 749 g/mol. The predicted molar refractivity (Wildman–Crippen MR) is 195 cm³/mol. The van der Waals surface area contributed by atoms with Gasteiger partial charge in [0.05, 0.1) is 36.2 Å². The Balaban J connectivity index is 1.31. The number of hydrogen-bond donors (Lipinski definition) is 4. The molecule has 0 saturated carbocycles. The summed E-state index contributed by atoms with van der Waals surface area (Å²) < 4.78 is 57.9.